The zero-order chi connectivity index (χ0) is 61.2. The summed E-state index contributed by atoms with van der Waals surface area (Å²) in [6, 6.07) is 79.3. The molecule has 0 radical (unpaired) electrons. The number of anilines is 6. The predicted molar refractivity (Wildman–Crippen MR) is 371 cm³/mol. The largest absolute Gasteiger partial charge is 0.318 e. The molecule has 0 aliphatic carbocycles. The molecule has 8 heteroatoms. The average molecular weight is 1140 g/mol. The lowest BCUT2D eigenvalue weighted by Crippen LogP contribution is -2.61. The topological polar surface area (TPSA) is 54.4 Å². The van der Waals surface area contributed by atoms with E-state index in [1.165, 1.54) is 50.0 Å². The monoisotopic (exact) mass is 1140 g/mol. The molecule has 0 bridgehead atoms. The Balaban J connectivity index is 1.05. The molecule has 10 aromatic carbocycles. The number of nitrogens with zero attached hydrogens (tertiary/aromatic N) is 7. The summed E-state index contributed by atoms with van der Waals surface area (Å²) in [4.78, 5) is 24.9. The average Bonchev–Trinajstić information content (AvgIpc) is 0.870. The highest BCUT2D eigenvalue weighted by Gasteiger charge is 2.44. The van der Waals surface area contributed by atoms with Crippen LogP contribution in [0, 0.1) is 6.57 Å². The molecule has 2 aliphatic rings. The molecule has 0 unspecified atom stereocenters. The van der Waals surface area contributed by atoms with Gasteiger partial charge in [-0.1, -0.05) is 235 Å². The third-order valence-corrected chi connectivity index (χ3v) is 18.0. The Morgan fingerprint density at radius 3 is 1.30 bits per heavy atom. The highest BCUT2D eigenvalue weighted by molar-refractivity contribution is 7.00. The van der Waals surface area contributed by atoms with E-state index in [0.717, 1.165) is 72.4 Å². The minimum absolute atomic E-state index is 0.0474. The molecule has 2 aromatic heterocycles. The lowest BCUT2D eigenvalue weighted by molar-refractivity contribution is 0.568. The van der Waals surface area contributed by atoms with E-state index in [4.69, 9.17) is 21.5 Å². The van der Waals surface area contributed by atoms with E-state index in [9.17, 15) is 0 Å². The van der Waals surface area contributed by atoms with Gasteiger partial charge in [-0.25, -0.2) is 19.8 Å². The number of hydrogen-bond donors (Lipinski definition) is 0. The maximum atomic E-state index is 8.76. The molecule has 0 saturated heterocycles. The summed E-state index contributed by atoms with van der Waals surface area (Å²) in [7, 11) is 0. The first-order chi connectivity index (χ1) is 42.1. The number of aromatic nitrogens is 4. The Hall–Kier alpha value is -9.84. The summed E-state index contributed by atoms with van der Waals surface area (Å²) in [6.07, 6.45) is 0. The molecule has 0 spiro atoms. The van der Waals surface area contributed by atoms with Gasteiger partial charge in [0.05, 0.1) is 23.3 Å². The summed E-state index contributed by atoms with van der Waals surface area (Å²) in [5.41, 5.74) is 23.4. The fraction of sp³-hybridized carbons (Fsp3) is 0.200. The van der Waals surface area contributed by atoms with Crippen molar-refractivity contribution >= 4 is 84.7 Å². The maximum Gasteiger partial charge on any atom is 0.252 e. The summed E-state index contributed by atoms with van der Waals surface area (Å²) < 4.78 is 2.26. The van der Waals surface area contributed by atoms with E-state index in [-0.39, 0.29) is 28.4 Å². The van der Waals surface area contributed by atoms with Crippen LogP contribution in [0.4, 0.5) is 39.8 Å². The van der Waals surface area contributed by atoms with Gasteiger partial charge in [0, 0.05) is 61.6 Å². The highest BCUT2D eigenvalue weighted by Crippen LogP contribution is 2.50. The first-order valence-electron chi connectivity index (χ1n) is 30.8. The van der Waals surface area contributed by atoms with Crippen molar-refractivity contribution in [1.82, 2.24) is 19.5 Å². The minimum atomic E-state index is -0.111. The molecule has 4 heterocycles. The standard InChI is InChI=1S/C80H72BN7/c1-77(2,3)54-44-55(78(4,5)6)47-58(46-54)86-68-37-24-21-33-63(68)81-64-34-22-25-38-69(64)87(59-48-56(79(7,8)9)45-57(49-59)80(10,11)12)71-43-53(42-70(86)72(71)81)52-39-40-67-62(41-52)60-31-20-23-36-66(60)88(67)73-61(32-26-35-65(73)82-13)76-84-74(50-27-16-14-17-28-50)83-75(85-76)51-29-18-15-19-30-51/h14-49H,1-12H3. The Kier molecular flexibility index (Phi) is 13.2. The van der Waals surface area contributed by atoms with Gasteiger partial charge in [-0.15, -0.1) is 0 Å². The fourth-order valence-electron chi connectivity index (χ4n) is 13.2. The second kappa shape index (κ2) is 20.7. The number of fused-ring (bicyclic) bond motifs is 7. The van der Waals surface area contributed by atoms with Gasteiger partial charge >= 0.3 is 0 Å². The number of rotatable bonds is 7. The van der Waals surface area contributed by atoms with E-state index in [2.05, 4.69) is 242 Å². The third kappa shape index (κ3) is 9.56. The second-order valence-corrected chi connectivity index (χ2v) is 28.1. The van der Waals surface area contributed by atoms with Crippen molar-refractivity contribution in [2.45, 2.75) is 105 Å². The molecule has 0 atom stereocenters. The van der Waals surface area contributed by atoms with Crippen molar-refractivity contribution < 1.29 is 0 Å². The van der Waals surface area contributed by atoms with Crippen LogP contribution in [-0.4, -0.2) is 26.2 Å². The summed E-state index contributed by atoms with van der Waals surface area (Å²) in [5.74, 6) is 1.60. The molecule has 7 nitrogen and oxygen atoms in total. The Labute approximate surface area is 519 Å². The molecule has 88 heavy (non-hydrogen) atoms. The van der Waals surface area contributed by atoms with Gasteiger partial charge in [-0.3, -0.25) is 0 Å². The number of benzene rings is 10. The van der Waals surface area contributed by atoms with Gasteiger partial charge in [-0.2, -0.15) is 0 Å². The number of hydrogen-bond acceptors (Lipinski definition) is 5. The van der Waals surface area contributed by atoms with Gasteiger partial charge in [-0.05, 0) is 138 Å². The van der Waals surface area contributed by atoms with Crippen molar-refractivity contribution in [2.24, 2.45) is 0 Å². The van der Waals surface area contributed by atoms with Crippen LogP contribution in [0.15, 0.2) is 218 Å². The lowest BCUT2D eigenvalue weighted by atomic mass is 9.33. The van der Waals surface area contributed by atoms with Crippen molar-refractivity contribution in [3.8, 4) is 51.0 Å². The van der Waals surface area contributed by atoms with Gasteiger partial charge in [0.1, 0.15) is 0 Å². The molecular formula is C80H72BN7. The summed E-state index contributed by atoms with van der Waals surface area (Å²) in [6.45, 7) is 36.7. The first kappa shape index (κ1) is 56.0. The van der Waals surface area contributed by atoms with Crippen LogP contribution in [0.2, 0.25) is 0 Å². The fourth-order valence-corrected chi connectivity index (χ4v) is 13.2. The lowest BCUT2D eigenvalue weighted by Gasteiger charge is -2.45. The van der Waals surface area contributed by atoms with Crippen LogP contribution >= 0.6 is 0 Å². The second-order valence-electron chi connectivity index (χ2n) is 28.1. The van der Waals surface area contributed by atoms with Crippen molar-refractivity contribution in [3.05, 3.63) is 252 Å². The normalized spacial score (nSPS) is 13.1. The summed E-state index contributed by atoms with van der Waals surface area (Å²) in [5, 5.41) is 2.14. The van der Waals surface area contributed by atoms with E-state index in [1.807, 2.05) is 78.9 Å². The molecule has 2 aliphatic heterocycles. The maximum absolute atomic E-state index is 8.76. The minimum Gasteiger partial charge on any atom is -0.318 e. The van der Waals surface area contributed by atoms with Crippen LogP contribution in [0.5, 0.6) is 0 Å². The Bertz CT molecular complexity index is 4540. The van der Waals surface area contributed by atoms with Gasteiger partial charge in [0.15, 0.2) is 17.5 Å². The van der Waals surface area contributed by atoms with Crippen LogP contribution in [0.25, 0.3) is 77.6 Å². The molecule has 12 aromatic rings. The zero-order valence-corrected chi connectivity index (χ0v) is 52.5. The molecule has 0 saturated carbocycles. The molecule has 14 rings (SSSR count). The van der Waals surface area contributed by atoms with E-state index >= 15 is 0 Å². The van der Waals surface area contributed by atoms with Crippen LogP contribution < -0.4 is 26.2 Å². The summed E-state index contributed by atoms with van der Waals surface area (Å²) >= 11 is 0. The van der Waals surface area contributed by atoms with Crippen molar-refractivity contribution in [2.75, 3.05) is 9.80 Å². The first-order valence-corrected chi connectivity index (χ1v) is 30.8. The van der Waals surface area contributed by atoms with E-state index in [0.29, 0.717) is 28.8 Å². The van der Waals surface area contributed by atoms with Gasteiger partial charge in [0.25, 0.3) is 6.71 Å². The van der Waals surface area contributed by atoms with Crippen LogP contribution in [0.1, 0.15) is 105 Å². The third-order valence-electron chi connectivity index (χ3n) is 18.0. The Morgan fingerprint density at radius 1 is 0.364 bits per heavy atom. The zero-order valence-electron chi connectivity index (χ0n) is 52.5. The van der Waals surface area contributed by atoms with Crippen molar-refractivity contribution in [3.63, 3.8) is 0 Å². The van der Waals surface area contributed by atoms with Crippen LogP contribution in [0.3, 0.4) is 0 Å². The molecule has 0 fully saturated rings. The van der Waals surface area contributed by atoms with E-state index in [1.54, 1.807) is 0 Å². The quantitative estimate of drug-likeness (QED) is 0.118. The van der Waals surface area contributed by atoms with Crippen LogP contribution in [-0.2, 0) is 21.7 Å². The van der Waals surface area contributed by atoms with Gasteiger partial charge in [0.2, 0.25) is 5.69 Å². The Morgan fingerprint density at radius 2 is 0.807 bits per heavy atom. The smallest absolute Gasteiger partial charge is 0.252 e. The van der Waals surface area contributed by atoms with E-state index < -0.39 is 0 Å². The molecular weight excluding hydrogens is 1070 g/mol. The van der Waals surface area contributed by atoms with Crippen molar-refractivity contribution in [1.29, 1.82) is 0 Å². The predicted octanol–water partition coefficient (Wildman–Crippen LogP) is 19.5. The molecule has 0 amide bonds. The highest BCUT2D eigenvalue weighted by atomic mass is 15.2. The molecule has 430 valence electrons. The molecule has 0 N–H and O–H groups in total. The van der Waals surface area contributed by atoms with Gasteiger partial charge < -0.3 is 14.4 Å². The SMILES string of the molecule is [C-]#[N+]c1cccc(-c2nc(-c3ccccc3)nc(-c3ccccc3)n2)c1-n1c2ccccc2c2cc(-c3cc4c5c(c3)N(c3cc(C(C)(C)C)cc(C(C)(C)C)c3)c3ccccc3B5c3ccccc3N4c3cc(C(C)(C)C)cc(C(C)(C)C)c3)ccc21. The number of para-hydroxylation sites is 4.